The van der Waals surface area contributed by atoms with Crippen LogP contribution in [0.1, 0.15) is 28.0 Å². The van der Waals surface area contributed by atoms with Crippen molar-refractivity contribution in [3.8, 4) is 5.75 Å². The largest absolute Gasteiger partial charge is 0.497 e. The van der Waals surface area contributed by atoms with Crippen LogP contribution in [0.15, 0.2) is 48.5 Å². The van der Waals surface area contributed by atoms with Gasteiger partial charge in [-0.15, -0.1) is 0 Å². The molecule has 0 aromatic heterocycles. The first kappa shape index (κ1) is 11.7. The predicted octanol–water partition coefficient (Wildman–Crippen LogP) is 3.95. The lowest BCUT2D eigenvalue weighted by molar-refractivity contribution is -0.134. The van der Waals surface area contributed by atoms with Crippen molar-refractivity contribution >= 4 is 17.6 Å². The minimum Gasteiger partial charge on any atom is -0.497 e. The summed E-state index contributed by atoms with van der Waals surface area (Å²) in [5, 5.41) is 0. The third kappa shape index (κ3) is 2.17. The molecule has 0 bridgehead atoms. The van der Waals surface area contributed by atoms with Gasteiger partial charge in [0.1, 0.15) is 5.75 Å². The number of carbonyl (C=O) groups excluding carboxylic acids is 1. The molecule has 1 aliphatic heterocycles. The van der Waals surface area contributed by atoms with E-state index in [9.17, 15) is 0 Å². The Morgan fingerprint density at radius 2 is 1.63 bits per heavy atom. The lowest BCUT2D eigenvalue weighted by Crippen LogP contribution is -1.89. The molecule has 1 heterocycles. The van der Waals surface area contributed by atoms with Gasteiger partial charge in [0.05, 0.1) is 31.2 Å². The van der Waals surface area contributed by atoms with Crippen molar-refractivity contribution in [2.45, 2.75) is 6.92 Å². The number of methoxy groups -OCH3 is 1. The smallest absolute Gasteiger partial charge is 0.361 e. The van der Waals surface area contributed by atoms with E-state index in [0.29, 0.717) is 0 Å². The summed E-state index contributed by atoms with van der Waals surface area (Å²) in [6.45, 7) is 1.99. The van der Waals surface area contributed by atoms with Crippen molar-refractivity contribution < 1.29 is 9.16 Å². The molecule has 0 aliphatic carbocycles. The van der Waals surface area contributed by atoms with Gasteiger partial charge in [0.2, 0.25) is 0 Å². The minimum atomic E-state index is 0.859. The van der Waals surface area contributed by atoms with Crippen LogP contribution in [-0.4, -0.2) is 12.9 Å². The van der Waals surface area contributed by atoms with Crippen molar-refractivity contribution in [3.63, 3.8) is 0 Å². The molecule has 0 spiro atoms. The first-order valence-corrected chi connectivity index (χ1v) is 6.25. The Balaban J connectivity index is 2.01. The van der Waals surface area contributed by atoms with Gasteiger partial charge in [-0.05, 0) is 29.8 Å². The fraction of sp³-hybridized carbons (Fsp3) is 0.118. The molecule has 0 saturated carbocycles. The number of ether oxygens (including phenoxy) is 1. The molecule has 2 heteroatoms. The highest BCUT2D eigenvalue weighted by atomic mass is 16.5. The number of ketones is 1. The van der Waals surface area contributed by atoms with Gasteiger partial charge in [0.15, 0.2) is 0 Å². The summed E-state index contributed by atoms with van der Waals surface area (Å²) in [5.41, 5.74) is 3.42. The topological polar surface area (TPSA) is 20.5 Å². The van der Waals surface area contributed by atoms with Crippen LogP contribution >= 0.6 is 0 Å². The molecule has 0 unspecified atom stereocenters. The zero-order valence-corrected chi connectivity index (χ0v) is 11.0. The maximum atomic E-state index is 5.84. The summed E-state index contributed by atoms with van der Waals surface area (Å²) in [7, 11) is 1.67. The van der Waals surface area contributed by atoms with Crippen LogP contribution in [0.5, 0.6) is 5.75 Å². The van der Waals surface area contributed by atoms with Gasteiger partial charge < -0.3 is 4.74 Å². The third-order valence-corrected chi connectivity index (χ3v) is 3.25. The monoisotopic (exact) mass is 251 g/mol. The SMILES string of the molecule is COc1ccc(C=C2[O+]=C(C)c3ccccc32)cc1. The first-order chi connectivity index (χ1) is 9.28. The molecular weight excluding hydrogens is 236 g/mol. The Labute approximate surface area is 112 Å². The zero-order valence-electron chi connectivity index (χ0n) is 11.0. The average Bonchev–Trinajstić information content (AvgIpc) is 2.77. The maximum absolute atomic E-state index is 5.84. The van der Waals surface area contributed by atoms with E-state index in [4.69, 9.17) is 9.16 Å². The second-order valence-corrected chi connectivity index (χ2v) is 4.49. The number of hydrogen-bond acceptors (Lipinski definition) is 1. The maximum Gasteiger partial charge on any atom is 0.361 e. The number of benzene rings is 2. The van der Waals surface area contributed by atoms with Crippen LogP contribution in [0.2, 0.25) is 0 Å². The summed E-state index contributed by atoms with van der Waals surface area (Å²) >= 11 is 0. The van der Waals surface area contributed by atoms with Crippen LogP contribution in [0.4, 0.5) is 0 Å². The van der Waals surface area contributed by atoms with Crippen molar-refractivity contribution in [2.75, 3.05) is 7.11 Å². The lowest BCUT2D eigenvalue weighted by Gasteiger charge is -1.98. The van der Waals surface area contributed by atoms with Crippen molar-refractivity contribution in [2.24, 2.45) is 0 Å². The second kappa shape index (κ2) is 4.73. The van der Waals surface area contributed by atoms with Crippen LogP contribution in [0.3, 0.4) is 0 Å². The fourth-order valence-electron chi connectivity index (χ4n) is 2.24. The number of fused-ring (bicyclic) bond motifs is 1. The highest BCUT2D eigenvalue weighted by Gasteiger charge is 2.29. The fourth-order valence-corrected chi connectivity index (χ4v) is 2.24. The van der Waals surface area contributed by atoms with E-state index >= 15 is 0 Å². The molecule has 1 aliphatic rings. The molecule has 94 valence electrons. The quantitative estimate of drug-likeness (QED) is 0.740. The van der Waals surface area contributed by atoms with Gasteiger partial charge in [-0.2, -0.15) is 0 Å². The summed E-state index contributed by atoms with van der Waals surface area (Å²) in [4.78, 5) is 0. The Morgan fingerprint density at radius 3 is 2.32 bits per heavy atom. The van der Waals surface area contributed by atoms with Gasteiger partial charge in [-0.1, -0.05) is 24.3 Å². The molecule has 0 N–H and O–H groups in total. The van der Waals surface area contributed by atoms with Crippen molar-refractivity contribution in [1.82, 2.24) is 0 Å². The van der Waals surface area contributed by atoms with E-state index in [1.165, 1.54) is 5.56 Å². The zero-order chi connectivity index (χ0) is 13.2. The molecule has 3 rings (SSSR count). The Kier molecular flexibility index (Phi) is 2.92. The van der Waals surface area contributed by atoms with Crippen LogP contribution in [-0.2, 0) is 0 Å². The molecular formula is C17H15O2+. The normalized spacial score (nSPS) is 15.3. The molecule has 2 aromatic carbocycles. The van der Waals surface area contributed by atoms with Crippen molar-refractivity contribution in [1.29, 1.82) is 0 Å². The van der Waals surface area contributed by atoms with Gasteiger partial charge >= 0.3 is 11.5 Å². The van der Waals surface area contributed by atoms with Crippen LogP contribution < -0.4 is 4.74 Å². The van der Waals surface area contributed by atoms with Gasteiger partial charge in [-0.3, -0.25) is 0 Å². The predicted molar refractivity (Wildman–Crippen MR) is 77.3 cm³/mol. The Bertz CT molecular complexity index is 664. The molecule has 0 atom stereocenters. The lowest BCUT2D eigenvalue weighted by atomic mass is 10.0. The second-order valence-electron chi connectivity index (χ2n) is 4.49. The van der Waals surface area contributed by atoms with E-state index in [2.05, 4.69) is 18.2 Å². The molecule has 19 heavy (non-hydrogen) atoms. The minimum absolute atomic E-state index is 0.859. The van der Waals surface area contributed by atoms with Crippen LogP contribution in [0, 0.1) is 0 Å². The summed E-state index contributed by atoms with van der Waals surface area (Å²) in [5.74, 6) is 2.71. The third-order valence-electron chi connectivity index (χ3n) is 3.25. The van der Waals surface area contributed by atoms with E-state index in [0.717, 1.165) is 28.4 Å². The average molecular weight is 251 g/mol. The highest BCUT2D eigenvalue weighted by molar-refractivity contribution is 6.04. The highest BCUT2D eigenvalue weighted by Crippen LogP contribution is 2.29. The molecule has 2 nitrogen and oxygen atoms in total. The summed E-state index contributed by atoms with van der Waals surface area (Å²) < 4.78 is 11.0. The molecule has 0 amide bonds. The number of rotatable bonds is 2. The van der Waals surface area contributed by atoms with Gasteiger partial charge in [0.25, 0.3) is 0 Å². The summed E-state index contributed by atoms with van der Waals surface area (Å²) in [6.07, 6.45) is 2.05. The van der Waals surface area contributed by atoms with Crippen molar-refractivity contribution in [3.05, 3.63) is 65.2 Å². The van der Waals surface area contributed by atoms with E-state index < -0.39 is 0 Å². The Morgan fingerprint density at radius 1 is 0.947 bits per heavy atom. The Hall–Kier alpha value is -2.35. The standard InChI is InChI=1S/C17H15O2/c1-12-15-5-3-4-6-16(15)17(19-12)11-13-7-9-14(18-2)10-8-13/h3-11H,1-2H3/q+1. The van der Waals surface area contributed by atoms with Gasteiger partial charge in [-0.25, -0.2) is 4.42 Å². The van der Waals surface area contributed by atoms with Crippen LogP contribution in [0.25, 0.3) is 11.8 Å². The first-order valence-electron chi connectivity index (χ1n) is 6.25. The number of hydrogen-bond donors (Lipinski definition) is 0. The van der Waals surface area contributed by atoms with E-state index in [1.807, 2.05) is 43.3 Å². The molecule has 0 radical (unpaired) electrons. The van der Waals surface area contributed by atoms with E-state index in [1.54, 1.807) is 7.11 Å². The molecule has 0 fully saturated rings. The van der Waals surface area contributed by atoms with E-state index in [-0.39, 0.29) is 0 Å². The van der Waals surface area contributed by atoms with Gasteiger partial charge in [0, 0.05) is 0 Å². The molecule has 2 aromatic rings. The molecule has 0 saturated heterocycles. The summed E-state index contributed by atoms with van der Waals surface area (Å²) in [6, 6.07) is 16.2.